The maximum Gasteiger partial charge on any atom is 0.152 e. The van der Waals surface area contributed by atoms with Crippen LogP contribution in [-0.2, 0) is 4.74 Å². The van der Waals surface area contributed by atoms with Gasteiger partial charge in [-0.15, -0.1) is 0 Å². The molecular formula is C16H22ClNO2. The molecule has 2 atom stereocenters. The predicted molar refractivity (Wildman–Crippen MR) is 83.3 cm³/mol. The van der Waals surface area contributed by atoms with Crippen LogP contribution in [0.25, 0.3) is 11.0 Å². The molecule has 0 aliphatic heterocycles. The van der Waals surface area contributed by atoms with Crippen LogP contribution in [0.5, 0.6) is 0 Å². The number of hydrogen-bond donors (Lipinski definition) is 1. The molecule has 2 unspecified atom stereocenters. The summed E-state index contributed by atoms with van der Waals surface area (Å²) >= 11 is 6.18. The first-order chi connectivity index (χ1) is 9.58. The molecule has 0 fully saturated rings. The van der Waals surface area contributed by atoms with E-state index in [1.807, 2.05) is 38.2 Å². The summed E-state index contributed by atoms with van der Waals surface area (Å²) < 4.78 is 11.8. The molecule has 0 bridgehead atoms. The van der Waals surface area contributed by atoms with Gasteiger partial charge in [0, 0.05) is 12.0 Å². The fourth-order valence-electron chi connectivity index (χ4n) is 2.54. The molecule has 0 saturated heterocycles. The number of benzene rings is 1. The van der Waals surface area contributed by atoms with E-state index in [9.17, 15) is 0 Å². The molecule has 110 valence electrons. The van der Waals surface area contributed by atoms with Crippen molar-refractivity contribution in [3.63, 3.8) is 0 Å². The molecule has 1 aromatic heterocycles. The molecule has 0 spiro atoms. The zero-order valence-corrected chi connectivity index (χ0v) is 13.2. The minimum absolute atomic E-state index is 0.0124. The van der Waals surface area contributed by atoms with E-state index in [-0.39, 0.29) is 12.1 Å². The standard InChI is InChI=1S/C16H22ClNO2/c1-5-19-15(10(2)3)14(18-4)13-9-11-7-6-8-12(17)16(11)20-13/h6-10,14-15,18H,5H2,1-4H3. The summed E-state index contributed by atoms with van der Waals surface area (Å²) in [5.74, 6) is 1.25. The van der Waals surface area contributed by atoms with E-state index in [1.165, 1.54) is 0 Å². The Kier molecular flexibility index (Phi) is 5.08. The number of hydrogen-bond acceptors (Lipinski definition) is 3. The minimum atomic E-state index is 0.0124. The molecule has 2 aromatic rings. The van der Waals surface area contributed by atoms with Crippen LogP contribution in [0.4, 0.5) is 0 Å². The van der Waals surface area contributed by atoms with E-state index in [1.54, 1.807) is 0 Å². The number of rotatable bonds is 6. The fraction of sp³-hybridized carbons (Fsp3) is 0.500. The van der Waals surface area contributed by atoms with Crippen LogP contribution in [0.15, 0.2) is 28.7 Å². The highest BCUT2D eigenvalue weighted by atomic mass is 35.5. The Balaban J connectivity index is 2.40. The summed E-state index contributed by atoms with van der Waals surface area (Å²) in [5, 5.41) is 4.96. The summed E-state index contributed by atoms with van der Waals surface area (Å²) in [6, 6.07) is 7.83. The van der Waals surface area contributed by atoms with Gasteiger partial charge in [-0.1, -0.05) is 37.6 Å². The number of nitrogens with one attached hydrogen (secondary N) is 1. The zero-order chi connectivity index (χ0) is 14.7. The number of fused-ring (bicyclic) bond motifs is 1. The number of furan rings is 1. The van der Waals surface area contributed by atoms with Crippen molar-refractivity contribution in [3.8, 4) is 0 Å². The fourth-order valence-corrected chi connectivity index (χ4v) is 2.76. The number of ether oxygens (including phenoxy) is 1. The average molecular weight is 296 g/mol. The Bertz CT molecular complexity index is 565. The maximum absolute atomic E-state index is 6.18. The highest BCUT2D eigenvalue weighted by Gasteiger charge is 2.28. The Hall–Kier alpha value is -1.03. The van der Waals surface area contributed by atoms with Gasteiger partial charge in [-0.3, -0.25) is 0 Å². The summed E-state index contributed by atoms with van der Waals surface area (Å²) in [4.78, 5) is 0. The topological polar surface area (TPSA) is 34.4 Å². The molecule has 0 amide bonds. The van der Waals surface area contributed by atoms with Crippen molar-refractivity contribution < 1.29 is 9.15 Å². The van der Waals surface area contributed by atoms with Crippen LogP contribution >= 0.6 is 11.6 Å². The third-order valence-electron chi connectivity index (χ3n) is 3.48. The van der Waals surface area contributed by atoms with Crippen molar-refractivity contribution in [2.75, 3.05) is 13.7 Å². The molecule has 3 nitrogen and oxygen atoms in total. The SMILES string of the molecule is CCOC(C(C)C)C(NC)c1cc2cccc(Cl)c2o1. The van der Waals surface area contributed by atoms with Crippen molar-refractivity contribution in [1.29, 1.82) is 0 Å². The largest absolute Gasteiger partial charge is 0.458 e. The lowest BCUT2D eigenvalue weighted by molar-refractivity contribution is -0.000000953. The van der Waals surface area contributed by atoms with Gasteiger partial charge < -0.3 is 14.5 Å². The van der Waals surface area contributed by atoms with Crippen LogP contribution < -0.4 is 5.32 Å². The summed E-state index contributed by atoms with van der Waals surface area (Å²) in [5.41, 5.74) is 0.739. The van der Waals surface area contributed by atoms with Crippen LogP contribution in [0.1, 0.15) is 32.6 Å². The Morgan fingerprint density at radius 1 is 1.35 bits per heavy atom. The Labute approximate surface area is 125 Å². The second kappa shape index (κ2) is 6.61. The van der Waals surface area contributed by atoms with Crippen molar-refractivity contribution >= 4 is 22.6 Å². The summed E-state index contributed by atoms with van der Waals surface area (Å²) in [7, 11) is 1.92. The number of halogens is 1. The van der Waals surface area contributed by atoms with Gasteiger partial charge in [0.1, 0.15) is 5.76 Å². The van der Waals surface area contributed by atoms with Crippen LogP contribution in [0, 0.1) is 5.92 Å². The molecule has 20 heavy (non-hydrogen) atoms. The quantitative estimate of drug-likeness (QED) is 0.857. The molecule has 1 aromatic carbocycles. The summed E-state index contributed by atoms with van der Waals surface area (Å²) in [6.07, 6.45) is 0.0596. The van der Waals surface area contributed by atoms with Crippen molar-refractivity contribution in [2.45, 2.75) is 32.9 Å². The Morgan fingerprint density at radius 2 is 2.10 bits per heavy atom. The molecule has 0 aliphatic carbocycles. The second-order valence-electron chi connectivity index (χ2n) is 5.24. The van der Waals surface area contributed by atoms with Gasteiger partial charge in [0.05, 0.1) is 17.2 Å². The van der Waals surface area contributed by atoms with Gasteiger partial charge in [0.25, 0.3) is 0 Å². The highest BCUT2D eigenvalue weighted by Crippen LogP contribution is 2.32. The van der Waals surface area contributed by atoms with Crippen molar-refractivity contribution in [3.05, 3.63) is 35.0 Å². The molecular weight excluding hydrogens is 274 g/mol. The smallest absolute Gasteiger partial charge is 0.152 e. The lowest BCUT2D eigenvalue weighted by Crippen LogP contribution is -2.35. The first kappa shape index (κ1) is 15.4. The van der Waals surface area contributed by atoms with Gasteiger partial charge in [-0.2, -0.15) is 0 Å². The van der Waals surface area contributed by atoms with Crippen molar-refractivity contribution in [2.24, 2.45) is 5.92 Å². The van der Waals surface area contributed by atoms with E-state index in [4.69, 9.17) is 20.8 Å². The number of likely N-dealkylation sites (N-methyl/N-ethyl adjacent to an activating group) is 1. The lowest BCUT2D eigenvalue weighted by Gasteiger charge is -2.28. The van der Waals surface area contributed by atoms with Gasteiger partial charge in [0.15, 0.2) is 5.58 Å². The Morgan fingerprint density at radius 3 is 2.65 bits per heavy atom. The maximum atomic E-state index is 6.18. The molecule has 2 rings (SSSR count). The second-order valence-corrected chi connectivity index (χ2v) is 5.64. The van der Waals surface area contributed by atoms with E-state index < -0.39 is 0 Å². The predicted octanol–water partition coefficient (Wildman–Crippen LogP) is 4.41. The van der Waals surface area contributed by atoms with E-state index in [0.717, 1.165) is 16.7 Å². The first-order valence-corrected chi connectivity index (χ1v) is 7.43. The zero-order valence-electron chi connectivity index (χ0n) is 12.4. The van der Waals surface area contributed by atoms with E-state index >= 15 is 0 Å². The lowest BCUT2D eigenvalue weighted by atomic mass is 9.97. The summed E-state index contributed by atoms with van der Waals surface area (Å²) in [6.45, 7) is 7.00. The normalized spacial score (nSPS) is 14.9. The molecule has 1 heterocycles. The average Bonchev–Trinajstić information content (AvgIpc) is 2.83. The van der Waals surface area contributed by atoms with E-state index in [0.29, 0.717) is 17.5 Å². The van der Waals surface area contributed by atoms with Gasteiger partial charge in [-0.25, -0.2) is 0 Å². The van der Waals surface area contributed by atoms with Crippen LogP contribution in [0.2, 0.25) is 5.02 Å². The van der Waals surface area contributed by atoms with E-state index in [2.05, 4.69) is 19.2 Å². The minimum Gasteiger partial charge on any atom is -0.458 e. The van der Waals surface area contributed by atoms with Crippen LogP contribution in [0.3, 0.4) is 0 Å². The van der Waals surface area contributed by atoms with Gasteiger partial charge >= 0.3 is 0 Å². The first-order valence-electron chi connectivity index (χ1n) is 7.05. The molecule has 0 aliphatic rings. The van der Waals surface area contributed by atoms with Crippen LogP contribution in [-0.4, -0.2) is 19.8 Å². The molecule has 1 N–H and O–H groups in total. The van der Waals surface area contributed by atoms with Gasteiger partial charge in [0.2, 0.25) is 0 Å². The monoisotopic (exact) mass is 295 g/mol. The molecule has 0 saturated carbocycles. The highest BCUT2D eigenvalue weighted by molar-refractivity contribution is 6.34. The van der Waals surface area contributed by atoms with Crippen molar-refractivity contribution in [1.82, 2.24) is 5.32 Å². The van der Waals surface area contributed by atoms with Gasteiger partial charge in [-0.05, 0) is 32.0 Å². The third kappa shape index (κ3) is 3.00. The molecule has 4 heteroatoms. The number of para-hydroxylation sites is 1. The third-order valence-corrected chi connectivity index (χ3v) is 3.77. The molecule has 0 radical (unpaired) electrons.